The van der Waals surface area contributed by atoms with E-state index in [1.807, 2.05) is 4.94 Å². The van der Waals surface area contributed by atoms with E-state index in [-0.39, 0.29) is 5.97 Å². The Labute approximate surface area is 86.4 Å². The van der Waals surface area contributed by atoms with E-state index in [0.29, 0.717) is 6.61 Å². The summed E-state index contributed by atoms with van der Waals surface area (Å²) < 4.78 is 15.9. The Morgan fingerprint density at radius 3 is 2.85 bits per heavy atom. The molecule has 1 radical (unpaired) electrons. The molecule has 0 spiro atoms. The third-order valence-electron chi connectivity index (χ3n) is 1.76. The molecular formula is C8H15O4Sn. The number of esters is 1. The third kappa shape index (κ3) is 4.28. The molecule has 0 aromatic heterocycles. The average molecular weight is 294 g/mol. The summed E-state index contributed by atoms with van der Waals surface area (Å²) in [6.07, 6.45) is 1.38. The molecule has 5 heteroatoms. The van der Waals surface area contributed by atoms with Crippen LogP contribution in [0.25, 0.3) is 0 Å². The normalized spacial score (nSPS) is 28.2. The summed E-state index contributed by atoms with van der Waals surface area (Å²) in [5, 5.41) is 0. The minimum absolute atomic E-state index is 0.259. The summed E-state index contributed by atoms with van der Waals surface area (Å²) in [5.41, 5.74) is 0. The monoisotopic (exact) mass is 295 g/mol. The SMILES string of the molecule is CC1[O][Sn]([CH3])[O]CCCCOC1=O. The van der Waals surface area contributed by atoms with Gasteiger partial charge in [-0.1, -0.05) is 0 Å². The number of carbonyl (C=O) groups excluding carboxylic acids is 1. The molecule has 1 heterocycles. The molecule has 0 saturated carbocycles. The van der Waals surface area contributed by atoms with Gasteiger partial charge in [0.25, 0.3) is 0 Å². The van der Waals surface area contributed by atoms with Crippen molar-refractivity contribution < 1.29 is 15.7 Å². The van der Waals surface area contributed by atoms with Crippen molar-refractivity contribution in [2.45, 2.75) is 30.8 Å². The van der Waals surface area contributed by atoms with Crippen molar-refractivity contribution >= 4 is 26.6 Å². The van der Waals surface area contributed by atoms with Crippen molar-refractivity contribution in [1.82, 2.24) is 0 Å². The molecule has 0 aromatic carbocycles. The van der Waals surface area contributed by atoms with Crippen LogP contribution >= 0.6 is 0 Å². The summed E-state index contributed by atoms with van der Waals surface area (Å²) in [5.74, 6) is -0.259. The summed E-state index contributed by atoms with van der Waals surface area (Å²) in [6.45, 7) is 2.95. The molecule has 0 bridgehead atoms. The van der Waals surface area contributed by atoms with Crippen LogP contribution in [0.4, 0.5) is 0 Å². The number of cyclic esters (lactones) is 1. The van der Waals surface area contributed by atoms with Crippen LogP contribution in [0.15, 0.2) is 0 Å². The van der Waals surface area contributed by atoms with Gasteiger partial charge in [-0.25, -0.2) is 0 Å². The molecule has 1 rings (SSSR count). The molecule has 1 aliphatic heterocycles. The van der Waals surface area contributed by atoms with Crippen molar-refractivity contribution in [3.05, 3.63) is 0 Å². The van der Waals surface area contributed by atoms with E-state index >= 15 is 0 Å². The van der Waals surface area contributed by atoms with Crippen LogP contribution in [0.3, 0.4) is 0 Å². The molecule has 0 N–H and O–H groups in total. The van der Waals surface area contributed by atoms with Crippen LogP contribution in [0.2, 0.25) is 4.94 Å². The third-order valence-corrected chi connectivity index (χ3v) is 5.46. The molecule has 75 valence electrons. The first-order chi connectivity index (χ1) is 6.20. The zero-order valence-electron chi connectivity index (χ0n) is 8.04. The zero-order chi connectivity index (χ0) is 9.68. The first kappa shape index (κ1) is 11.3. The minimum atomic E-state index is -2.15. The van der Waals surface area contributed by atoms with Gasteiger partial charge >= 0.3 is 86.3 Å². The molecular weight excluding hydrogens is 279 g/mol. The van der Waals surface area contributed by atoms with E-state index in [9.17, 15) is 4.79 Å². The van der Waals surface area contributed by atoms with Crippen molar-refractivity contribution in [2.75, 3.05) is 13.2 Å². The van der Waals surface area contributed by atoms with Gasteiger partial charge in [-0.05, 0) is 0 Å². The quantitative estimate of drug-likeness (QED) is 0.491. The molecule has 4 nitrogen and oxygen atoms in total. The van der Waals surface area contributed by atoms with E-state index < -0.39 is 26.7 Å². The maximum atomic E-state index is 11.2. The van der Waals surface area contributed by atoms with Gasteiger partial charge in [0.15, 0.2) is 0 Å². The van der Waals surface area contributed by atoms with E-state index in [1.165, 1.54) is 0 Å². The van der Waals surface area contributed by atoms with Crippen molar-refractivity contribution in [3.8, 4) is 0 Å². The topological polar surface area (TPSA) is 44.8 Å². The number of carbonyl (C=O) groups is 1. The number of rotatable bonds is 0. The number of ether oxygens (including phenoxy) is 1. The second-order valence-electron chi connectivity index (χ2n) is 2.97. The Kier molecular flexibility index (Phi) is 5.05. The van der Waals surface area contributed by atoms with Gasteiger partial charge in [0.2, 0.25) is 0 Å². The van der Waals surface area contributed by atoms with E-state index in [1.54, 1.807) is 6.92 Å². The van der Waals surface area contributed by atoms with Gasteiger partial charge in [-0.3, -0.25) is 0 Å². The molecule has 1 fully saturated rings. The number of hydrogen-bond acceptors (Lipinski definition) is 4. The Morgan fingerprint density at radius 2 is 2.08 bits per heavy atom. The zero-order valence-corrected chi connectivity index (χ0v) is 10.9. The Hall–Kier alpha value is 0.189. The Morgan fingerprint density at radius 1 is 1.38 bits per heavy atom. The van der Waals surface area contributed by atoms with Crippen LogP contribution in [-0.4, -0.2) is 45.9 Å². The standard InChI is InChI=1S/C7H12O4.CH3.Sn/c1-6(9)7(10)11-5-3-2-4-8;;/h6H,2-5H2,1H3;1H3;/q-2;;+2. The van der Waals surface area contributed by atoms with Crippen LogP contribution in [0.5, 0.6) is 0 Å². The molecule has 1 unspecified atom stereocenters. The molecule has 0 aliphatic carbocycles. The summed E-state index contributed by atoms with van der Waals surface area (Å²) in [7, 11) is 0. The summed E-state index contributed by atoms with van der Waals surface area (Å²) in [4.78, 5) is 13.2. The first-order valence-electron chi connectivity index (χ1n) is 4.50. The van der Waals surface area contributed by atoms with E-state index in [0.717, 1.165) is 19.4 Å². The maximum absolute atomic E-state index is 11.2. The predicted octanol–water partition coefficient (Wildman–Crippen LogP) is 0.863. The van der Waals surface area contributed by atoms with Crippen LogP contribution in [0.1, 0.15) is 19.8 Å². The molecule has 0 aromatic rings. The van der Waals surface area contributed by atoms with Gasteiger partial charge in [-0.2, -0.15) is 0 Å². The fourth-order valence-electron chi connectivity index (χ4n) is 1.04. The van der Waals surface area contributed by atoms with Gasteiger partial charge in [0, 0.05) is 0 Å². The van der Waals surface area contributed by atoms with E-state index in [2.05, 4.69) is 0 Å². The number of hydrogen-bond donors (Lipinski definition) is 0. The van der Waals surface area contributed by atoms with E-state index in [4.69, 9.17) is 10.9 Å². The average Bonchev–Trinajstić information content (AvgIpc) is 2.09. The van der Waals surface area contributed by atoms with Crippen LogP contribution < -0.4 is 0 Å². The van der Waals surface area contributed by atoms with Crippen LogP contribution in [-0.2, 0) is 15.7 Å². The van der Waals surface area contributed by atoms with Crippen molar-refractivity contribution in [1.29, 1.82) is 0 Å². The van der Waals surface area contributed by atoms with Gasteiger partial charge in [0.05, 0.1) is 0 Å². The second kappa shape index (κ2) is 5.82. The Balaban J connectivity index is 2.42. The van der Waals surface area contributed by atoms with Gasteiger partial charge in [0.1, 0.15) is 0 Å². The molecule has 0 amide bonds. The fraction of sp³-hybridized carbons (Fsp3) is 0.875. The molecule has 1 aliphatic rings. The van der Waals surface area contributed by atoms with Crippen molar-refractivity contribution in [2.24, 2.45) is 0 Å². The second-order valence-corrected chi connectivity index (χ2v) is 7.28. The van der Waals surface area contributed by atoms with Gasteiger partial charge < -0.3 is 0 Å². The first-order valence-corrected chi connectivity index (χ1v) is 9.68. The predicted molar refractivity (Wildman–Crippen MR) is 48.3 cm³/mol. The Bertz CT molecular complexity index is 174. The molecule has 1 atom stereocenters. The summed E-state index contributed by atoms with van der Waals surface area (Å²) >= 11 is -2.15. The molecule has 1 saturated heterocycles. The molecule has 13 heavy (non-hydrogen) atoms. The fourth-order valence-corrected chi connectivity index (χ4v) is 4.16. The summed E-state index contributed by atoms with van der Waals surface area (Å²) in [6, 6.07) is 0. The van der Waals surface area contributed by atoms with Crippen molar-refractivity contribution in [3.63, 3.8) is 0 Å². The van der Waals surface area contributed by atoms with Crippen LogP contribution in [0, 0.1) is 0 Å². The van der Waals surface area contributed by atoms with Gasteiger partial charge in [-0.15, -0.1) is 0 Å².